The predicted octanol–water partition coefficient (Wildman–Crippen LogP) is 2.30. The van der Waals surface area contributed by atoms with Gasteiger partial charge in [0.25, 0.3) is 0 Å². The maximum atomic E-state index is 12.3. The Kier molecular flexibility index (Phi) is 5.51. The molecule has 1 rings (SSSR count). The number of methoxy groups -OCH3 is 1. The second-order valence-electron chi connectivity index (χ2n) is 5.47. The third-order valence-corrected chi connectivity index (χ3v) is 2.77. The van der Waals surface area contributed by atoms with Crippen LogP contribution < -0.4 is 4.74 Å². The van der Waals surface area contributed by atoms with Gasteiger partial charge in [0, 0.05) is 7.11 Å². The van der Waals surface area contributed by atoms with E-state index in [4.69, 9.17) is 9.47 Å². The topological polar surface area (TPSA) is 55.8 Å². The number of ether oxygens (including phenoxy) is 2. The summed E-state index contributed by atoms with van der Waals surface area (Å²) in [7, 11) is 1.59. The van der Waals surface area contributed by atoms with Crippen molar-refractivity contribution in [3.8, 4) is 5.75 Å². The highest BCUT2D eigenvalue weighted by molar-refractivity contribution is 6.02. The number of aliphatic hydroxyl groups is 1. The molecule has 0 saturated heterocycles. The van der Waals surface area contributed by atoms with Crippen molar-refractivity contribution in [1.82, 2.24) is 0 Å². The molecule has 0 aliphatic rings. The minimum atomic E-state index is -1.06. The molecule has 0 bridgehead atoms. The van der Waals surface area contributed by atoms with Crippen LogP contribution in [0, 0.1) is 5.41 Å². The first-order chi connectivity index (χ1) is 8.88. The third-order valence-electron chi connectivity index (χ3n) is 2.77. The Hall–Kier alpha value is -1.39. The Morgan fingerprint density at radius 1 is 1.26 bits per heavy atom. The molecule has 0 aromatic heterocycles. The van der Waals surface area contributed by atoms with Gasteiger partial charge in [0.2, 0.25) is 0 Å². The number of carbonyl (C=O) groups excluding carboxylic acids is 1. The molecule has 0 fully saturated rings. The van der Waals surface area contributed by atoms with Crippen molar-refractivity contribution < 1.29 is 19.4 Å². The van der Waals surface area contributed by atoms with E-state index in [0.29, 0.717) is 24.5 Å². The molecular weight excluding hydrogens is 244 g/mol. The second-order valence-corrected chi connectivity index (χ2v) is 5.47. The van der Waals surface area contributed by atoms with E-state index >= 15 is 0 Å². The zero-order valence-corrected chi connectivity index (χ0v) is 12.0. The summed E-state index contributed by atoms with van der Waals surface area (Å²) in [6.07, 6.45) is -1.06. The standard InChI is InChI=1S/C15H22O4/c1-15(2,3)14(17)13(16)11-7-5-6-8-12(11)19-10-9-18-4/h5-8,14,17H,9-10H2,1-4H3. The van der Waals surface area contributed by atoms with Crippen LogP contribution in [-0.4, -0.2) is 37.3 Å². The van der Waals surface area contributed by atoms with Gasteiger partial charge in [0.05, 0.1) is 12.2 Å². The fourth-order valence-electron chi connectivity index (χ4n) is 1.57. The minimum absolute atomic E-state index is 0.319. The van der Waals surface area contributed by atoms with E-state index in [2.05, 4.69) is 0 Å². The molecule has 0 spiro atoms. The van der Waals surface area contributed by atoms with Crippen LogP contribution in [0.4, 0.5) is 0 Å². The molecule has 106 valence electrons. The molecule has 0 heterocycles. The van der Waals surface area contributed by atoms with E-state index in [9.17, 15) is 9.90 Å². The Morgan fingerprint density at radius 3 is 2.47 bits per heavy atom. The first-order valence-corrected chi connectivity index (χ1v) is 6.31. The Morgan fingerprint density at radius 2 is 1.89 bits per heavy atom. The van der Waals surface area contributed by atoms with E-state index in [1.807, 2.05) is 20.8 Å². The zero-order valence-electron chi connectivity index (χ0n) is 12.0. The quantitative estimate of drug-likeness (QED) is 0.634. The van der Waals surface area contributed by atoms with Crippen molar-refractivity contribution >= 4 is 5.78 Å². The summed E-state index contributed by atoms with van der Waals surface area (Å²) in [4.78, 5) is 12.3. The lowest BCUT2D eigenvalue weighted by atomic mass is 9.84. The van der Waals surface area contributed by atoms with Crippen molar-refractivity contribution in [3.05, 3.63) is 29.8 Å². The maximum absolute atomic E-state index is 12.3. The summed E-state index contributed by atoms with van der Waals surface area (Å²) >= 11 is 0. The largest absolute Gasteiger partial charge is 0.490 e. The molecule has 4 heteroatoms. The van der Waals surface area contributed by atoms with E-state index < -0.39 is 11.5 Å². The molecule has 4 nitrogen and oxygen atoms in total. The number of rotatable bonds is 6. The van der Waals surface area contributed by atoms with Crippen molar-refractivity contribution in [2.45, 2.75) is 26.9 Å². The summed E-state index contributed by atoms with van der Waals surface area (Å²) in [5.74, 6) is 0.161. The number of Topliss-reactive ketones (excluding diaryl/α,β-unsaturated/α-hetero) is 1. The van der Waals surface area contributed by atoms with Gasteiger partial charge in [0.15, 0.2) is 5.78 Å². The molecule has 1 unspecified atom stereocenters. The van der Waals surface area contributed by atoms with E-state index in [0.717, 1.165) is 0 Å². The van der Waals surface area contributed by atoms with Gasteiger partial charge in [0.1, 0.15) is 18.5 Å². The molecule has 0 saturated carbocycles. The molecule has 1 atom stereocenters. The first kappa shape index (κ1) is 15.7. The van der Waals surface area contributed by atoms with E-state index in [1.54, 1.807) is 31.4 Å². The molecule has 1 aromatic rings. The first-order valence-electron chi connectivity index (χ1n) is 6.31. The summed E-state index contributed by atoms with van der Waals surface area (Å²) in [6.45, 7) is 6.29. The SMILES string of the molecule is COCCOc1ccccc1C(=O)C(O)C(C)(C)C. The zero-order chi connectivity index (χ0) is 14.5. The van der Waals surface area contributed by atoms with Gasteiger partial charge in [-0.25, -0.2) is 0 Å². The number of para-hydroxylation sites is 1. The van der Waals surface area contributed by atoms with Gasteiger partial charge in [-0.1, -0.05) is 32.9 Å². The van der Waals surface area contributed by atoms with E-state index in [-0.39, 0.29) is 5.78 Å². The van der Waals surface area contributed by atoms with Crippen molar-refractivity contribution in [1.29, 1.82) is 0 Å². The molecule has 1 aromatic carbocycles. The summed E-state index contributed by atoms with van der Waals surface area (Å²) in [5.41, 5.74) is -0.0995. The van der Waals surface area contributed by atoms with Gasteiger partial charge in [-0.05, 0) is 17.5 Å². The molecule has 19 heavy (non-hydrogen) atoms. The number of hydrogen-bond acceptors (Lipinski definition) is 4. The van der Waals surface area contributed by atoms with Crippen LogP contribution in [0.2, 0.25) is 0 Å². The summed E-state index contributed by atoms with van der Waals surface area (Å²) in [5, 5.41) is 10.1. The van der Waals surface area contributed by atoms with Crippen LogP contribution >= 0.6 is 0 Å². The lowest BCUT2D eigenvalue weighted by Crippen LogP contribution is -2.34. The van der Waals surface area contributed by atoms with Crippen molar-refractivity contribution in [2.75, 3.05) is 20.3 Å². The number of ketones is 1. The number of hydrogen-bond donors (Lipinski definition) is 1. The lowest BCUT2D eigenvalue weighted by Gasteiger charge is -2.25. The third kappa shape index (κ3) is 4.33. The van der Waals surface area contributed by atoms with Crippen LogP contribution in [0.1, 0.15) is 31.1 Å². The highest BCUT2D eigenvalue weighted by Crippen LogP contribution is 2.26. The van der Waals surface area contributed by atoms with Gasteiger partial charge in [-0.15, -0.1) is 0 Å². The van der Waals surface area contributed by atoms with Gasteiger partial charge in [-0.3, -0.25) is 4.79 Å². The average Bonchev–Trinajstić information content (AvgIpc) is 2.37. The molecule has 0 amide bonds. The van der Waals surface area contributed by atoms with Gasteiger partial charge in [-0.2, -0.15) is 0 Å². The normalized spacial score (nSPS) is 13.1. The Balaban J connectivity index is 2.90. The van der Waals surface area contributed by atoms with Crippen LogP contribution in [-0.2, 0) is 4.74 Å². The van der Waals surface area contributed by atoms with Crippen LogP contribution in [0.25, 0.3) is 0 Å². The van der Waals surface area contributed by atoms with E-state index in [1.165, 1.54) is 0 Å². The molecule has 0 aliphatic heterocycles. The number of aliphatic hydroxyl groups excluding tert-OH is 1. The lowest BCUT2D eigenvalue weighted by molar-refractivity contribution is 0.0438. The molecule has 0 radical (unpaired) electrons. The Bertz CT molecular complexity index is 420. The number of benzene rings is 1. The van der Waals surface area contributed by atoms with Gasteiger partial charge < -0.3 is 14.6 Å². The highest BCUT2D eigenvalue weighted by atomic mass is 16.5. The molecule has 1 N–H and O–H groups in total. The second kappa shape index (κ2) is 6.68. The van der Waals surface area contributed by atoms with Crippen molar-refractivity contribution in [3.63, 3.8) is 0 Å². The fraction of sp³-hybridized carbons (Fsp3) is 0.533. The van der Waals surface area contributed by atoms with Crippen LogP contribution in [0.3, 0.4) is 0 Å². The van der Waals surface area contributed by atoms with Crippen LogP contribution in [0.15, 0.2) is 24.3 Å². The smallest absolute Gasteiger partial charge is 0.195 e. The monoisotopic (exact) mass is 266 g/mol. The number of carbonyl (C=O) groups is 1. The van der Waals surface area contributed by atoms with Crippen molar-refractivity contribution in [2.24, 2.45) is 5.41 Å². The average molecular weight is 266 g/mol. The minimum Gasteiger partial charge on any atom is -0.490 e. The summed E-state index contributed by atoms with van der Waals surface area (Å²) in [6, 6.07) is 6.94. The molecular formula is C15H22O4. The van der Waals surface area contributed by atoms with Crippen LogP contribution in [0.5, 0.6) is 5.75 Å². The maximum Gasteiger partial charge on any atom is 0.195 e. The fourth-order valence-corrected chi connectivity index (χ4v) is 1.57. The Labute approximate surface area is 114 Å². The highest BCUT2D eigenvalue weighted by Gasteiger charge is 2.31. The van der Waals surface area contributed by atoms with Gasteiger partial charge >= 0.3 is 0 Å². The summed E-state index contributed by atoms with van der Waals surface area (Å²) < 4.78 is 10.4. The molecule has 0 aliphatic carbocycles. The predicted molar refractivity (Wildman–Crippen MR) is 73.6 cm³/mol.